The molecule has 1 amide bonds. The van der Waals surface area contributed by atoms with Crippen LogP contribution in [0, 0.1) is 5.92 Å². The fraction of sp³-hybridized carbons (Fsp3) is 0.471. The van der Waals surface area contributed by atoms with Crippen molar-refractivity contribution in [3.63, 3.8) is 0 Å². The summed E-state index contributed by atoms with van der Waals surface area (Å²) < 4.78 is 0. The van der Waals surface area contributed by atoms with Gasteiger partial charge in [0.05, 0.1) is 0 Å². The molecule has 3 aliphatic rings. The molecule has 2 atom stereocenters. The highest BCUT2D eigenvalue weighted by Gasteiger charge is 2.36. The molecule has 0 aromatic heterocycles. The number of fused-ring (bicyclic) bond motifs is 4. The summed E-state index contributed by atoms with van der Waals surface area (Å²) in [5.74, 6) is 0.820. The van der Waals surface area contributed by atoms with Gasteiger partial charge in [0.1, 0.15) is 0 Å². The summed E-state index contributed by atoms with van der Waals surface area (Å²) in [6.07, 6.45) is 4.21. The van der Waals surface area contributed by atoms with Gasteiger partial charge >= 0.3 is 0 Å². The second-order valence-electron chi connectivity index (χ2n) is 6.10. The molecule has 3 nitrogen and oxygen atoms in total. The van der Waals surface area contributed by atoms with Crippen molar-refractivity contribution >= 4 is 12.0 Å². The number of piperidine rings is 1. The first-order chi connectivity index (χ1) is 9.67. The van der Waals surface area contributed by atoms with E-state index in [4.69, 9.17) is 0 Å². The first kappa shape index (κ1) is 13.4. The van der Waals surface area contributed by atoms with Crippen molar-refractivity contribution in [1.29, 1.82) is 0 Å². The molecule has 0 unspecified atom stereocenters. The highest BCUT2D eigenvalue weighted by molar-refractivity contribution is 5.94. The molecule has 4 rings (SSSR count). The Kier molecular flexibility index (Phi) is 3.62. The van der Waals surface area contributed by atoms with E-state index in [-0.39, 0.29) is 5.91 Å². The molecule has 3 saturated heterocycles. The summed E-state index contributed by atoms with van der Waals surface area (Å²) in [4.78, 5) is 17.2. The fourth-order valence-electron chi connectivity index (χ4n) is 3.49. The fourth-order valence-corrected chi connectivity index (χ4v) is 3.49. The number of hydrogen-bond acceptors (Lipinski definition) is 2. The van der Waals surface area contributed by atoms with Crippen LogP contribution in [-0.2, 0) is 0 Å². The molecule has 1 aromatic rings. The molecule has 0 saturated carbocycles. The molecular formula is C17H22N2O. The third-order valence-electron chi connectivity index (χ3n) is 4.55. The van der Waals surface area contributed by atoms with Gasteiger partial charge < -0.3 is 9.80 Å². The van der Waals surface area contributed by atoms with Crippen LogP contribution >= 0.6 is 0 Å². The summed E-state index contributed by atoms with van der Waals surface area (Å²) in [6, 6.07) is 8.14. The maximum Gasteiger partial charge on any atom is 0.254 e. The Balaban J connectivity index is 1.81. The van der Waals surface area contributed by atoms with Crippen molar-refractivity contribution < 1.29 is 4.79 Å². The topological polar surface area (TPSA) is 23.6 Å². The van der Waals surface area contributed by atoms with E-state index in [9.17, 15) is 4.79 Å². The number of likely N-dealkylation sites (N-methyl/N-ethyl adjacent to an activating group) is 1. The monoisotopic (exact) mass is 270 g/mol. The van der Waals surface area contributed by atoms with E-state index >= 15 is 0 Å². The van der Waals surface area contributed by atoms with Gasteiger partial charge in [-0.1, -0.05) is 24.8 Å². The quantitative estimate of drug-likeness (QED) is 0.824. The Hall–Kier alpha value is -1.61. The maximum absolute atomic E-state index is 12.7. The van der Waals surface area contributed by atoms with Crippen LogP contribution in [0.25, 0.3) is 6.08 Å². The average molecular weight is 270 g/mol. The molecule has 0 radical (unpaired) electrons. The van der Waals surface area contributed by atoms with Gasteiger partial charge in [-0.05, 0) is 43.5 Å². The predicted molar refractivity (Wildman–Crippen MR) is 81.6 cm³/mol. The van der Waals surface area contributed by atoms with Gasteiger partial charge in [-0.2, -0.15) is 0 Å². The van der Waals surface area contributed by atoms with Crippen molar-refractivity contribution in [2.75, 3.05) is 26.7 Å². The molecule has 3 aliphatic heterocycles. The predicted octanol–water partition coefficient (Wildman–Crippen LogP) is 2.50. The van der Waals surface area contributed by atoms with Crippen molar-refractivity contribution in [3.8, 4) is 0 Å². The van der Waals surface area contributed by atoms with Gasteiger partial charge in [0.2, 0.25) is 0 Å². The van der Waals surface area contributed by atoms with Crippen LogP contribution in [0.5, 0.6) is 0 Å². The summed E-state index contributed by atoms with van der Waals surface area (Å²) in [5.41, 5.74) is 1.85. The molecule has 2 bridgehead atoms. The Morgan fingerprint density at radius 3 is 2.65 bits per heavy atom. The van der Waals surface area contributed by atoms with E-state index in [1.165, 1.54) is 6.42 Å². The maximum atomic E-state index is 12.7. The molecule has 3 heterocycles. The number of hydrogen-bond donors (Lipinski definition) is 0. The molecule has 0 N–H and O–H groups in total. The summed E-state index contributed by atoms with van der Waals surface area (Å²) in [5, 5.41) is 0. The Bertz CT molecular complexity index is 508. The molecule has 3 fully saturated rings. The normalized spacial score (nSPS) is 26.4. The van der Waals surface area contributed by atoms with Crippen LogP contribution in [0.2, 0.25) is 0 Å². The second kappa shape index (κ2) is 5.41. The standard InChI is InChI=1S/C17H22N2O/c1-3-13-4-7-15(8-5-13)17(20)19-11-14-6-9-16(19)12-18(2)10-14/h3-5,7-8,14,16H,1,6,9-12H2,2H3/t14-,16+/m1/s1. The lowest BCUT2D eigenvalue weighted by molar-refractivity contribution is 0.0587. The molecule has 0 aliphatic carbocycles. The van der Waals surface area contributed by atoms with Crippen LogP contribution in [0.15, 0.2) is 30.8 Å². The summed E-state index contributed by atoms with van der Waals surface area (Å²) in [6.45, 7) is 6.79. The van der Waals surface area contributed by atoms with Gasteiger partial charge in [-0.25, -0.2) is 0 Å². The Morgan fingerprint density at radius 2 is 1.95 bits per heavy atom. The minimum absolute atomic E-state index is 0.186. The minimum Gasteiger partial charge on any atom is -0.334 e. The lowest BCUT2D eigenvalue weighted by Gasteiger charge is -2.36. The van der Waals surface area contributed by atoms with Gasteiger partial charge in [0.25, 0.3) is 5.91 Å². The van der Waals surface area contributed by atoms with E-state index in [0.717, 1.165) is 37.2 Å². The zero-order chi connectivity index (χ0) is 14.1. The number of benzene rings is 1. The smallest absolute Gasteiger partial charge is 0.254 e. The number of rotatable bonds is 2. The number of carbonyl (C=O) groups is 1. The van der Waals surface area contributed by atoms with Crippen LogP contribution in [0.4, 0.5) is 0 Å². The third kappa shape index (κ3) is 2.50. The van der Waals surface area contributed by atoms with Gasteiger partial charge in [-0.15, -0.1) is 0 Å². The largest absolute Gasteiger partial charge is 0.334 e. The number of carbonyl (C=O) groups excluding carboxylic acids is 1. The first-order valence-corrected chi connectivity index (χ1v) is 7.39. The van der Waals surface area contributed by atoms with E-state index < -0.39 is 0 Å². The average Bonchev–Trinajstić information content (AvgIpc) is 2.75. The second-order valence-corrected chi connectivity index (χ2v) is 6.10. The SMILES string of the molecule is C=Cc1ccc(C(=O)N2C[C@@H]3CC[C@H]2CN(C)C3)cc1. The van der Waals surface area contributed by atoms with Crippen LogP contribution < -0.4 is 0 Å². The third-order valence-corrected chi connectivity index (χ3v) is 4.55. The van der Waals surface area contributed by atoms with Gasteiger partial charge in [0, 0.05) is 31.2 Å². The van der Waals surface area contributed by atoms with E-state index in [2.05, 4.69) is 23.4 Å². The molecular weight excluding hydrogens is 248 g/mol. The molecule has 0 spiro atoms. The highest BCUT2D eigenvalue weighted by atomic mass is 16.2. The van der Waals surface area contributed by atoms with Gasteiger partial charge in [0.15, 0.2) is 0 Å². The zero-order valence-corrected chi connectivity index (χ0v) is 12.1. The van der Waals surface area contributed by atoms with Crippen molar-refractivity contribution in [2.24, 2.45) is 5.92 Å². The van der Waals surface area contributed by atoms with Crippen LogP contribution in [0.1, 0.15) is 28.8 Å². The van der Waals surface area contributed by atoms with Crippen molar-refractivity contribution in [1.82, 2.24) is 9.80 Å². The highest BCUT2D eigenvalue weighted by Crippen LogP contribution is 2.28. The van der Waals surface area contributed by atoms with Gasteiger partial charge in [-0.3, -0.25) is 4.79 Å². The van der Waals surface area contributed by atoms with Crippen LogP contribution in [-0.4, -0.2) is 48.4 Å². The molecule has 3 heteroatoms. The first-order valence-electron chi connectivity index (χ1n) is 7.39. The lowest BCUT2D eigenvalue weighted by Crippen LogP contribution is -2.47. The molecule has 1 aromatic carbocycles. The number of amides is 1. The zero-order valence-electron chi connectivity index (χ0n) is 12.1. The van der Waals surface area contributed by atoms with E-state index in [0.29, 0.717) is 12.0 Å². The number of nitrogens with zero attached hydrogens (tertiary/aromatic N) is 2. The van der Waals surface area contributed by atoms with Crippen LogP contribution in [0.3, 0.4) is 0 Å². The Labute approximate surface area is 120 Å². The molecule has 20 heavy (non-hydrogen) atoms. The molecule has 106 valence electrons. The summed E-state index contributed by atoms with van der Waals surface area (Å²) >= 11 is 0. The minimum atomic E-state index is 0.186. The Morgan fingerprint density at radius 1 is 1.20 bits per heavy atom. The lowest BCUT2D eigenvalue weighted by atomic mass is 9.94. The van der Waals surface area contributed by atoms with E-state index in [1.54, 1.807) is 6.08 Å². The van der Waals surface area contributed by atoms with E-state index in [1.807, 2.05) is 24.3 Å². The van der Waals surface area contributed by atoms with Crippen molar-refractivity contribution in [3.05, 3.63) is 42.0 Å². The summed E-state index contributed by atoms with van der Waals surface area (Å²) in [7, 11) is 2.16. The van der Waals surface area contributed by atoms with Crippen molar-refractivity contribution in [2.45, 2.75) is 18.9 Å².